The van der Waals surface area contributed by atoms with Crippen LogP contribution in [0.25, 0.3) is 5.52 Å². The van der Waals surface area contributed by atoms with Crippen molar-refractivity contribution in [1.29, 1.82) is 0 Å². The molecule has 0 amide bonds. The van der Waals surface area contributed by atoms with Crippen LogP contribution in [0.4, 0.5) is 5.82 Å². The molecule has 0 saturated carbocycles. The maximum Gasteiger partial charge on any atom is 0.157 e. The minimum Gasteiger partial charge on any atom is -0.378 e. The van der Waals surface area contributed by atoms with Gasteiger partial charge in [0.1, 0.15) is 11.3 Å². The second-order valence-corrected chi connectivity index (χ2v) is 4.61. The number of aromatic nitrogens is 3. The zero-order valence-corrected chi connectivity index (χ0v) is 10.9. The third-order valence-corrected chi connectivity index (χ3v) is 3.33. The van der Waals surface area contributed by atoms with Crippen molar-refractivity contribution in [1.82, 2.24) is 14.6 Å². The number of morpholine rings is 1. The first-order valence-corrected chi connectivity index (χ1v) is 6.46. The van der Waals surface area contributed by atoms with Crippen LogP contribution in [-0.2, 0) is 11.2 Å². The Hall–Kier alpha value is -1.62. The number of anilines is 1. The Morgan fingerprint density at radius 2 is 2.11 bits per heavy atom. The molecule has 2 aromatic rings. The number of hydrogen-bond acceptors (Lipinski definition) is 4. The van der Waals surface area contributed by atoms with Crippen molar-refractivity contribution in [3.05, 3.63) is 23.7 Å². The number of fused-ring (bicyclic) bond motifs is 1. The van der Waals surface area contributed by atoms with Crippen LogP contribution in [0, 0.1) is 6.92 Å². The van der Waals surface area contributed by atoms with E-state index in [0.29, 0.717) is 0 Å². The fourth-order valence-corrected chi connectivity index (χ4v) is 2.35. The number of aryl methyl sites for hydroxylation is 2. The van der Waals surface area contributed by atoms with E-state index in [1.165, 1.54) is 5.56 Å². The predicted molar refractivity (Wildman–Crippen MR) is 70.1 cm³/mol. The summed E-state index contributed by atoms with van der Waals surface area (Å²) < 4.78 is 7.35. The first kappa shape index (κ1) is 11.5. The molecule has 1 aliphatic rings. The summed E-state index contributed by atoms with van der Waals surface area (Å²) in [5, 5.41) is 4.45. The van der Waals surface area contributed by atoms with Crippen molar-refractivity contribution in [2.45, 2.75) is 20.3 Å². The third kappa shape index (κ3) is 1.95. The van der Waals surface area contributed by atoms with Gasteiger partial charge in [-0.2, -0.15) is 5.10 Å². The monoisotopic (exact) mass is 246 g/mol. The Kier molecular flexibility index (Phi) is 2.91. The molecule has 0 aliphatic carbocycles. The fraction of sp³-hybridized carbons (Fsp3) is 0.538. The molecular weight excluding hydrogens is 228 g/mol. The van der Waals surface area contributed by atoms with Crippen molar-refractivity contribution in [3.8, 4) is 0 Å². The molecule has 5 heteroatoms. The topological polar surface area (TPSA) is 42.7 Å². The molecule has 1 saturated heterocycles. The molecular formula is C13H18N4O. The van der Waals surface area contributed by atoms with Gasteiger partial charge in [0.25, 0.3) is 0 Å². The van der Waals surface area contributed by atoms with Gasteiger partial charge in [-0.05, 0) is 25.0 Å². The zero-order chi connectivity index (χ0) is 12.5. The lowest BCUT2D eigenvalue weighted by molar-refractivity contribution is 0.122. The van der Waals surface area contributed by atoms with E-state index in [9.17, 15) is 0 Å². The average molecular weight is 246 g/mol. The normalized spacial score (nSPS) is 16.4. The molecule has 0 radical (unpaired) electrons. The van der Waals surface area contributed by atoms with E-state index in [4.69, 9.17) is 4.74 Å². The van der Waals surface area contributed by atoms with E-state index in [1.807, 2.05) is 11.4 Å². The minimum atomic E-state index is 0.774. The van der Waals surface area contributed by atoms with Crippen LogP contribution in [0.1, 0.15) is 18.3 Å². The highest BCUT2D eigenvalue weighted by atomic mass is 16.5. The van der Waals surface area contributed by atoms with Crippen molar-refractivity contribution in [3.63, 3.8) is 0 Å². The van der Waals surface area contributed by atoms with Crippen molar-refractivity contribution < 1.29 is 4.74 Å². The van der Waals surface area contributed by atoms with Gasteiger partial charge in [0.15, 0.2) is 5.82 Å². The van der Waals surface area contributed by atoms with Crippen molar-refractivity contribution >= 4 is 11.3 Å². The van der Waals surface area contributed by atoms with Crippen molar-refractivity contribution in [2.75, 3.05) is 31.2 Å². The van der Waals surface area contributed by atoms with Gasteiger partial charge in [0.2, 0.25) is 0 Å². The van der Waals surface area contributed by atoms with Crippen LogP contribution in [0.5, 0.6) is 0 Å². The Bertz CT molecular complexity index is 557. The first-order valence-electron chi connectivity index (χ1n) is 6.46. The van der Waals surface area contributed by atoms with E-state index in [0.717, 1.165) is 49.9 Å². The number of rotatable bonds is 2. The molecule has 3 rings (SSSR count). The summed E-state index contributed by atoms with van der Waals surface area (Å²) in [6, 6.07) is 2.18. The Balaban J connectivity index is 2.10. The minimum absolute atomic E-state index is 0.774. The van der Waals surface area contributed by atoms with Gasteiger partial charge < -0.3 is 9.64 Å². The summed E-state index contributed by atoms with van der Waals surface area (Å²) in [5.74, 6) is 1.84. The van der Waals surface area contributed by atoms with Gasteiger partial charge in [-0.3, -0.25) is 0 Å². The van der Waals surface area contributed by atoms with E-state index < -0.39 is 0 Å². The standard InChI is InChI=1S/C13H18N4O/c1-3-11-8-12-13(16-4-6-18-7-5-16)14-10(2)15-17(12)9-11/h8-9H,3-7H2,1-2H3. The molecule has 2 aromatic heterocycles. The molecule has 96 valence electrons. The highest BCUT2D eigenvalue weighted by molar-refractivity contribution is 5.70. The molecule has 0 spiro atoms. The van der Waals surface area contributed by atoms with Gasteiger partial charge in [-0.1, -0.05) is 6.92 Å². The first-order chi connectivity index (χ1) is 8.78. The number of ether oxygens (including phenoxy) is 1. The van der Waals surface area contributed by atoms with Crippen LogP contribution in [-0.4, -0.2) is 40.9 Å². The third-order valence-electron chi connectivity index (χ3n) is 3.33. The number of hydrogen-bond donors (Lipinski definition) is 0. The summed E-state index contributed by atoms with van der Waals surface area (Å²) in [7, 11) is 0. The average Bonchev–Trinajstić information content (AvgIpc) is 2.81. The van der Waals surface area contributed by atoms with Gasteiger partial charge in [0, 0.05) is 19.3 Å². The fourth-order valence-electron chi connectivity index (χ4n) is 2.35. The lowest BCUT2D eigenvalue weighted by Gasteiger charge is -2.28. The molecule has 0 unspecified atom stereocenters. The predicted octanol–water partition coefficient (Wildman–Crippen LogP) is 1.44. The second-order valence-electron chi connectivity index (χ2n) is 4.61. The molecule has 0 bridgehead atoms. The van der Waals surface area contributed by atoms with E-state index in [2.05, 4.69) is 34.2 Å². The zero-order valence-electron chi connectivity index (χ0n) is 10.9. The highest BCUT2D eigenvalue weighted by Crippen LogP contribution is 2.22. The Labute approximate surface area is 106 Å². The SMILES string of the molecule is CCc1cc2c(N3CCOCC3)nc(C)nn2c1. The van der Waals surface area contributed by atoms with E-state index in [1.54, 1.807) is 0 Å². The van der Waals surface area contributed by atoms with Gasteiger partial charge in [-0.25, -0.2) is 9.50 Å². The molecule has 3 heterocycles. The second kappa shape index (κ2) is 4.57. The largest absolute Gasteiger partial charge is 0.378 e. The molecule has 1 fully saturated rings. The molecule has 0 atom stereocenters. The molecule has 0 N–H and O–H groups in total. The summed E-state index contributed by atoms with van der Waals surface area (Å²) in [5.41, 5.74) is 2.39. The molecule has 5 nitrogen and oxygen atoms in total. The van der Waals surface area contributed by atoms with Gasteiger partial charge in [-0.15, -0.1) is 0 Å². The van der Waals surface area contributed by atoms with Crippen LogP contribution >= 0.6 is 0 Å². The summed E-state index contributed by atoms with van der Waals surface area (Å²) in [6.45, 7) is 7.45. The van der Waals surface area contributed by atoms with Crippen LogP contribution in [0.3, 0.4) is 0 Å². The molecule has 18 heavy (non-hydrogen) atoms. The highest BCUT2D eigenvalue weighted by Gasteiger charge is 2.17. The maximum absolute atomic E-state index is 5.40. The van der Waals surface area contributed by atoms with Crippen LogP contribution < -0.4 is 4.90 Å². The maximum atomic E-state index is 5.40. The summed E-state index contributed by atoms with van der Waals surface area (Å²) in [4.78, 5) is 6.90. The summed E-state index contributed by atoms with van der Waals surface area (Å²) in [6.07, 6.45) is 3.11. The van der Waals surface area contributed by atoms with Crippen molar-refractivity contribution in [2.24, 2.45) is 0 Å². The van der Waals surface area contributed by atoms with Crippen LogP contribution in [0.2, 0.25) is 0 Å². The smallest absolute Gasteiger partial charge is 0.157 e. The lowest BCUT2D eigenvalue weighted by Crippen LogP contribution is -2.37. The lowest BCUT2D eigenvalue weighted by atomic mass is 10.2. The number of nitrogens with zero attached hydrogens (tertiary/aromatic N) is 4. The van der Waals surface area contributed by atoms with Gasteiger partial charge in [0.05, 0.1) is 13.2 Å². The van der Waals surface area contributed by atoms with Gasteiger partial charge >= 0.3 is 0 Å². The quantitative estimate of drug-likeness (QED) is 0.804. The van der Waals surface area contributed by atoms with Crippen LogP contribution in [0.15, 0.2) is 12.3 Å². The van der Waals surface area contributed by atoms with E-state index in [-0.39, 0.29) is 0 Å². The Morgan fingerprint density at radius 1 is 1.33 bits per heavy atom. The summed E-state index contributed by atoms with van der Waals surface area (Å²) >= 11 is 0. The van der Waals surface area contributed by atoms with E-state index >= 15 is 0 Å². The molecule has 1 aliphatic heterocycles. The molecule has 0 aromatic carbocycles. The Morgan fingerprint density at radius 3 is 2.83 bits per heavy atom.